The molecule has 35 heavy (non-hydrogen) atoms. The first-order chi connectivity index (χ1) is 17.0. The van der Waals surface area contributed by atoms with E-state index in [0.717, 1.165) is 10.6 Å². The second kappa shape index (κ2) is 11.2. The first-order valence-electron chi connectivity index (χ1n) is 11.0. The van der Waals surface area contributed by atoms with E-state index in [1.165, 1.54) is 32.7 Å². The third kappa shape index (κ3) is 5.69. The minimum atomic E-state index is -0.162. The average Bonchev–Trinajstić information content (AvgIpc) is 3.36. The van der Waals surface area contributed by atoms with Gasteiger partial charge in [0.25, 0.3) is 5.91 Å². The van der Waals surface area contributed by atoms with Crippen LogP contribution in [0.25, 0.3) is 10.6 Å². The van der Waals surface area contributed by atoms with Gasteiger partial charge in [-0.2, -0.15) is 0 Å². The van der Waals surface area contributed by atoms with Crippen LogP contribution in [-0.2, 0) is 4.79 Å². The molecular formula is C24H27N5O5S. The molecule has 2 amide bonds. The van der Waals surface area contributed by atoms with Crippen LogP contribution in [0.3, 0.4) is 0 Å². The molecule has 3 aromatic rings. The van der Waals surface area contributed by atoms with E-state index in [-0.39, 0.29) is 18.4 Å². The van der Waals surface area contributed by atoms with Crippen molar-refractivity contribution in [3.8, 4) is 27.8 Å². The third-order valence-electron chi connectivity index (χ3n) is 5.63. The van der Waals surface area contributed by atoms with E-state index < -0.39 is 0 Å². The van der Waals surface area contributed by atoms with Crippen molar-refractivity contribution in [1.82, 2.24) is 20.0 Å². The highest BCUT2D eigenvalue weighted by atomic mass is 32.1. The van der Waals surface area contributed by atoms with Crippen molar-refractivity contribution in [2.45, 2.75) is 0 Å². The third-order valence-corrected chi connectivity index (χ3v) is 6.52. The smallest absolute Gasteiger partial charge is 0.254 e. The van der Waals surface area contributed by atoms with Gasteiger partial charge in [-0.1, -0.05) is 41.7 Å². The summed E-state index contributed by atoms with van der Waals surface area (Å²) in [4.78, 5) is 29.4. The number of piperazine rings is 1. The number of hydrogen-bond donors (Lipinski definition) is 1. The molecule has 1 aliphatic heterocycles. The summed E-state index contributed by atoms with van der Waals surface area (Å²) in [7, 11) is 4.55. The second-order valence-electron chi connectivity index (χ2n) is 7.81. The van der Waals surface area contributed by atoms with Crippen molar-refractivity contribution in [2.75, 3.05) is 59.4 Å². The molecule has 0 radical (unpaired) electrons. The molecule has 1 aliphatic rings. The highest BCUT2D eigenvalue weighted by molar-refractivity contribution is 7.18. The van der Waals surface area contributed by atoms with Crippen molar-refractivity contribution in [1.29, 1.82) is 0 Å². The van der Waals surface area contributed by atoms with Crippen LogP contribution in [0.5, 0.6) is 17.2 Å². The molecule has 1 saturated heterocycles. The maximum atomic E-state index is 13.1. The van der Waals surface area contributed by atoms with Gasteiger partial charge >= 0.3 is 0 Å². The van der Waals surface area contributed by atoms with Gasteiger partial charge in [-0.15, -0.1) is 10.2 Å². The number of benzene rings is 2. The van der Waals surface area contributed by atoms with E-state index in [9.17, 15) is 9.59 Å². The van der Waals surface area contributed by atoms with Gasteiger partial charge in [-0.25, -0.2) is 0 Å². The molecule has 0 unspecified atom stereocenters. The van der Waals surface area contributed by atoms with Crippen LogP contribution in [0, 0.1) is 0 Å². The van der Waals surface area contributed by atoms with E-state index in [1.54, 1.807) is 17.0 Å². The van der Waals surface area contributed by atoms with Crippen molar-refractivity contribution in [2.24, 2.45) is 0 Å². The average molecular weight is 498 g/mol. The number of carbonyl (C=O) groups excluding carboxylic acids is 2. The van der Waals surface area contributed by atoms with Gasteiger partial charge in [-0.3, -0.25) is 19.8 Å². The standard InChI is InChI=1S/C24H27N5O5S/c1-32-18-13-17(14-19(33-2)21(18)34-3)23(31)29-11-9-28(10-12-29)15-20(30)25-24-27-26-22(35-24)16-7-5-4-6-8-16/h4-8,13-14H,9-12,15H2,1-3H3,(H,25,27,30). The lowest BCUT2D eigenvalue weighted by Gasteiger charge is -2.34. The number of nitrogens with one attached hydrogen (secondary N) is 1. The van der Waals surface area contributed by atoms with Gasteiger partial charge in [0.05, 0.1) is 27.9 Å². The van der Waals surface area contributed by atoms with Crippen LogP contribution >= 0.6 is 11.3 Å². The molecule has 0 bridgehead atoms. The lowest BCUT2D eigenvalue weighted by molar-refractivity contribution is -0.117. The molecule has 11 heteroatoms. The predicted molar refractivity (Wildman–Crippen MR) is 132 cm³/mol. The van der Waals surface area contributed by atoms with Crippen molar-refractivity contribution >= 4 is 28.3 Å². The molecule has 184 valence electrons. The highest BCUT2D eigenvalue weighted by Crippen LogP contribution is 2.38. The largest absolute Gasteiger partial charge is 0.493 e. The maximum absolute atomic E-state index is 13.1. The Morgan fingerprint density at radius 3 is 2.20 bits per heavy atom. The van der Waals surface area contributed by atoms with Crippen LogP contribution in [0.2, 0.25) is 0 Å². The summed E-state index contributed by atoms with van der Waals surface area (Å²) < 4.78 is 16.0. The molecule has 0 saturated carbocycles. The number of hydrogen-bond acceptors (Lipinski definition) is 9. The summed E-state index contributed by atoms with van der Waals surface area (Å²) in [5, 5.41) is 12.3. The summed E-state index contributed by atoms with van der Waals surface area (Å²) in [6.07, 6.45) is 0. The lowest BCUT2D eigenvalue weighted by atomic mass is 10.1. The number of methoxy groups -OCH3 is 3. The topological polar surface area (TPSA) is 106 Å². The zero-order chi connectivity index (χ0) is 24.8. The highest BCUT2D eigenvalue weighted by Gasteiger charge is 2.26. The Morgan fingerprint density at radius 2 is 1.60 bits per heavy atom. The minimum Gasteiger partial charge on any atom is -0.493 e. The molecule has 0 aliphatic carbocycles. The quantitative estimate of drug-likeness (QED) is 0.506. The summed E-state index contributed by atoms with van der Waals surface area (Å²) in [5.74, 6) is 1.00. The molecule has 1 aromatic heterocycles. The molecule has 0 atom stereocenters. The zero-order valence-corrected chi connectivity index (χ0v) is 20.6. The van der Waals surface area contributed by atoms with Crippen LogP contribution in [0.15, 0.2) is 42.5 Å². The summed E-state index contributed by atoms with van der Waals surface area (Å²) >= 11 is 1.33. The molecule has 10 nitrogen and oxygen atoms in total. The number of ether oxygens (including phenoxy) is 3. The Hall–Kier alpha value is -3.70. The van der Waals surface area contributed by atoms with E-state index in [1.807, 2.05) is 35.2 Å². The van der Waals surface area contributed by atoms with Gasteiger partial charge in [-0.05, 0) is 12.1 Å². The van der Waals surface area contributed by atoms with Crippen molar-refractivity contribution in [3.05, 3.63) is 48.0 Å². The fourth-order valence-electron chi connectivity index (χ4n) is 3.83. The Bertz CT molecular complexity index is 1150. The van der Waals surface area contributed by atoms with Crippen LogP contribution in [0.4, 0.5) is 5.13 Å². The number of anilines is 1. The lowest BCUT2D eigenvalue weighted by Crippen LogP contribution is -2.50. The number of nitrogens with zero attached hydrogens (tertiary/aromatic N) is 4. The zero-order valence-electron chi connectivity index (χ0n) is 19.8. The fourth-order valence-corrected chi connectivity index (χ4v) is 4.59. The first-order valence-corrected chi connectivity index (χ1v) is 11.8. The fraction of sp³-hybridized carbons (Fsp3) is 0.333. The Labute approximate surface area is 207 Å². The maximum Gasteiger partial charge on any atom is 0.254 e. The van der Waals surface area contributed by atoms with Gasteiger partial charge in [0.15, 0.2) is 11.5 Å². The normalized spacial score (nSPS) is 13.9. The van der Waals surface area contributed by atoms with Crippen LogP contribution < -0.4 is 19.5 Å². The van der Waals surface area contributed by atoms with Gasteiger partial charge in [0.2, 0.25) is 16.8 Å². The molecule has 2 aromatic carbocycles. The molecule has 2 heterocycles. The van der Waals surface area contributed by atoms with Gasteiger partial charge in [0, 0.05) is 37.3 Å². The molecule has 0 spiro atoms. The van der Waals surface area contributed by atoms with Crippen LogP contribution in [0.1, 0.15) is 10.4 Å². The van der Waals surface area contributed by atoms with E-state index in [2.05, 4.69) is 15.5 Å². The second-order valence-corrected chi connectivity index (χ2v) is 8.79. The summed E-state index contributed by atoms with van der Waals surface area (Å²) in [5.41, 5.74) is 1.41. The van der Waals surface area contributed by atoms with Crippen molar-refractivity contribution in [3.63, 3.8) is 0 Å². The SMILES string of the molecule is COc1cc(C(=O)N2CCN(CC(=O)Nc3nnc(-c4ccccc4)s3)CC2)cc(OC)c1OC. The van der Waals surface area contributed by atoms with Gasteiger partial charge < -0.3 is 19.1 Å². The summed E-state index contributed by atoms with van der Waals surface area (Å²) in [6.45, 7) is 2.37. The predicted octanol–water partition coefficient (Wildman–Crippen LogP) is 2.63. The summed E-state index contributed by atoms with van der Waals surface area (Å²) in [6, 6.07) is 13.0. The Morgan fingerprint density at radius 1 is 0.943 bits per heavy atom. The minimum absolute atomic E-state index is 0.129. The van der Waals surface area contributed by atoms with Crippen LogP contribution in [-0.4, -0.2) is 85.9 Å². The number of rotatable bonds is 8. The number of amides is 2. The Balaban J connectivity index is 1.31. The van der Waals surface area contributed by atoms with E-state index >= 15 is 0 Å². The Kier molecular flexibility index (Phi) is 7.78. The number of carbonyl (C=O) groups is 2. The monoisotopic (exact) mass is 497 g/mol. The number of aromatic nitrogens is 2. The van der Waals surface area contributed by atoms with Crippen molar-refractivity contribution < 1.29 is 23.8 Å². The first kappa shape index (κ1) is 24.4. The van der Waals surface area contributed by atoms with E-state index in [4.69, 9.17) is 14.2 Å². The molecule has 4 rings (SSSR count). The molecule has 1 N–H and O–H groups in total. The van der Waals surface area contributed by atoms with E-state index in [0.29, 0.717) is 54.1 Å². The molecule has 1 fully saturated rings. The molecular weight excluding hydrogens is 470 g/mol. The van der Waals surface area contributed by atoms with Gasteiger partial charge in [0.1, 0.15) is 5.01 Å².